The molecule has 0 saturated heterocycles. The predicted molar refractivity (Wildman–Crippen MR) is 103 cm³/mol. The molecule has 0 bridgehead atoms. The normalized spacial score (nSPS) is 23.5. The summed E-state index contributed by atoms with van der Waals surface area (Å²) < 4.78 is 6.92. The second kappa shape index (κ2) is 6.48. The third-order valence-electron chi connectivity index (χ3n) is 4.51. The quantitative estimate of drug-likeness (QED) is 0.767. The van der Waals surface area contributed by atoms with Gasteiger partial charge in [-0.2, -0.15) is 0 Å². The van der Waals surface area contributed by atoms with Crippen molar-refractivity contribution in [3.05, 3.63) is 30.1 Å². The van der Waals surface area contributed by atoms with E-state index in [-0.39, 0.29) is 18.1 Å². The first-order valence-corrected chi connectivity index (χ1v) is 9.50. The fourth-order valence-electron chi connectivity index (χ4n) is 2.88. The second-order valence-electron chi connectivity index (χ2n) is 7.19. The maximum Gasteiger partial charge on any atom is 0.324 e. The number of carbonyl (C=O) groups excluding carboxylic acids is 1. The van der Waals surface area contributed by atoms with E-state index in [4.69, 9.17) is 14.7 Å². The van der Waals surface area contributed by atoms with E-state index in [1.165, 1.54) is 11.8 Å². The van der Waals surface area contributed by atoms with Crippen molar-refractivity contribution in [2.24, 2.45) is 4.99 Å². The molecule has 6 heteroatoms. The minimum atomic E-state index is -0.708. The molecule has 1 aliphatic rings. The van der Waals surface area contributed by atoms with Gasteiger partial charge in [0.25, 0.3) is 0 Å². The maximum atomic E-state index is 12.5. The van der Waals surface area contributed by atoms with Crippen molar-refractivity contribution in [3.63, 3.8) is 0 Å². The van der Waals surface area contributed by atoms with Gasteiger partial charge in [-0.15, -0.1) is 0 Å². The summed E-state index contributed by atoms with van der Waals surface area (Å²) in [4.78, 5) is 22.0. The SMILES string of the molecule is CC(C)OC(=O)C1(C)SC(c2ccc3c(ccn3C(C)C)n2)=NC1C. The Balaban J connectivity index is 1.89. The molecule has 0 aromatic carbocycles. The van der Waals surface area contributed by atoms with Gasteiger partial charge in [-0.05, 0) is 59.7 Å². The van der Waals surface area contributed by atoms with Crippen LogP contribution in [0.2, 0.25) is 0 Å². The third kappa shape index (κ3) is 3.19. The van der Waals surface area contributed by atoms with Crippen LogP contribution in [0.15, 0.2) is 29.4 Å². The van der Waals surface area contributed by atoms with E-state index in [0.717, 1.165) is 21.8 Å². The van der Waals surface area contributed by atoms with Crippen LogP contribution < -0.4 is 0 Å². The van der Waals surface area contributed by atoms with Crippen LogP contribution >= 0.6 is 11.8 Å². The van der Waals surface area contributed by atoms with Gasteiger partial charge in [0.05, 0.1) is 28.9 Å². The molecule has 1 aliphatic heterocycles. The first-order chi connectivity index (χ1) is 11.7. The van der Waals surface area contributed by atoms with Gasteiger partial charge in [-0.3, -0.25) is 9.79 Å². The number of ether oxygens (including phenoxy) is 1. The molecule has 2 unspecified atom stereocenters. The summed E-state index contributed by atoms with van der Waals surface area (Å²) in [5, 5.41) is 0.801. The lowest BCUT2D eigenvalue weighted by molar-refractivity contribution is -0.150. The van der Waals surface area contributed by atoms with Gasteiger partial charge in [0.15, 0.2) is 0 Å². The van der Waals surface area contributed by atoms with Crippen LogP contribution in [0.25, 0.3) is 11.0 Å². The highest BCUT2D eigenvalue weighted by molar-refractivity contribution is 8.16. The molecular weight excluding hydrogens is 334 g/mol. The zero-order chi connectivity index (χ0) is 18.4. The highest BCUT2D eigenvalue weighted by Gasteiger charge is 2.47. The lowest BCUT2D eigenvalue weighted by atomic mass is 10.0. The number of carbonyl (C=O) groups is 1. The second-order valence-corrected chi connectivity index (χ2v) is 8.63. The molecule has 3 heterocycles. The minimum absolute atomic E-state index is 0.133. The topological polar surface area (TPSA) is 56.5 Å². The maximum absolute atomic E-state index is 12.5. The fraction of sp³-hybridized carbons (Fsp3) is 0.526. The standard InChI is InChI=1S/C19H25N3O2S/c1-11(2)22-10-9-14-16(22)8-7-15(21-14)17-20-13(5)19(6,25-17)18(23)24-12(3)4/h7-13H,1-6H3. The largest absolute Gasteiger partial charge is 0.462 e. The summed E-state index contributed by atoms with van der Waals surface area (Å²) in [6.45, 7) is 11.9. The van der Waals surface area contributed by atoms with Crippen molar-refractivity contribution < 1.29 is 9.53 Å². The van der Waals surface area contributed by atoms with E-state index in [2.05, 4.69) is 30.7 Å². The molecule has 5 nitrogen and oxygen atoms in total. The number of thioether (sulfide) groups is 1. The fourth-order valence-corrected chi connectivity index (χ4v) is 4.07. The molecule has 0 radical (unpaired) electrons. The number of rotatable bonds is 4. The van der Waals surface area contributed by atoms with Crippen molar-refractivity contribution in [2.45, 2.75) is 64.5 Å². The van der Waals surface area contributed by atoms with Crippen LogP contribution in [0.5, 0.6) is 0 Å². The molecule has 0 fully saturated rings. The molecular formula is C19H25N3O2S. The van der Waals surface area contributed by atoms with Crippen LogP contribution in [-0.4, -0.2) is 37.5 Å². The number of fused-ring (bicyclic) bond motifs is 1. The Kier molecular flexibility index (Phi) is 4.66. The molecule has 0 aliphatic carbocycles. The molecule has 2 atom stereocenters. The van der Waals surface area contributed by atoms with Crippen LogP contribution in [0.3, 0.4) is 0 Å². The molecule has 2 aromatic rings. The van der Waals surface area contributed by atoms with Crippen molar-refractivity contribution in [3.8, 4) is 0 Å². The van der Waals surface area contributed by atoms with E-state index in [9.17, 15) is 4.79 Å². The summed E-state index contributed by atoms with van der Waals surface area (Å²) >= 11 is 1.45. The highest BCUT2D eigenvalue weighted by Crippen LogP contribution is 2.41. The summed E-state index contributed by atoms with van der Waals surface area (Å²) in [5.41, 5.74) is 2.87. The van der Waals surface area contributed by atoms with Crippen LogP contribution in [0.4, 0.5) is 0 Å². The van der Waals surface area contributed by atoms with Gasteiger partial charge in [0, 0.05) is 12.2 Å². The van der Waals surface area contributed by atoms with E-state index in [0.29, 0.717) is 6.04 Å². The number of hydrogen-bond acceptors (Lipinski definition) is 5. The monoisotopic (exact) mass is 359 g/mol. The molecule has 0 spiro atoms. The third-order valence-corrected chi connectivity index (χ3v) is 5.95. The molecule has 2 aromatic heterocycles. The number of nitrogens with zero attached hydrogens (tertiary/aromatic N) is 3. The zero-order valence-corrected chi connectivity index (χ0v) is 16.4. The Morgan fingerprint density at radius 3 is 2.64 bits per heavy atom. The summed E-state index contributed by atoms with van der Waals surface area (Å²) in [6.07, 6.45) is 1.93. The van der Waals surface area contributed by atoms with Crippen LogP contribution in [-0.2, 0) is 9.53 Å². The first kappa shape index (κ1) is 18.0. The van der Waals surface area contributed by atoms with E-state index in [1.54, 1.807) is 0 Å². The van der Waals surface area contributed by atoms with Crippen LogP contribution in [0.1, 0.15) is 53.3 Å². The van der Waals surface area contributed by atoms with Gasteiger partial charge in [0.2, 0.25) is 0 Å². The lowest BCUT2D eigenvalue weighted by Gasteiger charge is -2.25. The van der Waals surface area contributed by atoms with Gasteiger partial charge in [-0.1, -0.05) is 11.8 Å². The van der Waals surface area contributed by atoms with Crippen molar-refractivity contribution in [1.29, 1.82) is 0 Å². The molecule has 0 N–H and O–H groups in total. The minimum Gasteiger partial charge on any atom is -0.462 e. The summed E-state index contributed by atoms with van der Waals surface area (Å²) in [5.74, 6) is -0.217. The molecule has 0 amide bonds. The number of aromatic nitrogens is 2. The summed E-state index contributed by atoms with van der Waals surface area (Å²) in [7, 11) is 0. The first-order valence-electron chi connectivity index (χ1n) is 8.68. The van der Waals surface area contributed by atoms with Crippen LogP contribution in [0, 0.1) is 0 Å². The molecule has 3 rings (SSSR count). The Hall–Kier alpha value is -1.82. The number of pyridine rings is 1. The number of aliphatic imine (C=N–C) groups is 1. The van der Waals surface area contributed by atoms with E-state index in [1.807, 2.05) is 39.8 Å². The number of esters is 1. The predicted octanol–water partition coefficient (Wildman–Crippen LogP) is 4.21. The smallest absolute Gasteiger partial charge is 0.324 e. The van der Waals surface area contributed by atoms with E-state index < -0.39 is 4.75 Å². The summed E-state index contributed by atoms with van der Waals surface area (Å²) in [6, 6.07) is 6.32. The Labute approximate surface area is 152 Å². The Morgan fingerprint density at radius 2 is 2.00 bits per heavy atom. The highest BCUT2D eigenvalue weighted by atomic mass is 32.2. The average molecular weight is 359 g/mol. The van der Waals surface area contributed by atoms with Gasteiger partial charge < -0.3 is 9.30 Å². The molecule has 25 heavy (non-hydrogen) atoms. The van der Waals surface area contributed by atoms with E-state index >= 15 is 0 Å². The van der Waals surface area contributed by atoms with Crippen molar-refractivity contribution in [2.75, 3.05) is 0 Å². The van der Waals surface area contributed by atoms with Gasteiger partial charge in [0.1, 0.15) is 9.79 Å². The Morgan fingerprint density at radius 1 is 1.28 bits per heavy atom. The molecule has 0 saturated carbocycles. The zero-order valence-electron chi connectivity index (χ0n) is 15.6. The van der Waals surface area contributed by atoms with Crippen molar-refractivity contribution >= 4 is 33.8 Å². The molecule has 134 valence electrons. The Bertz CT molecular complexity index is 840. The van der Waals surface area contributed by atoms with Gasteiger partial charge >= 0.3 is 5.97 Å². The average Bonchev–Trinajstić information content (AvgIpc) is 3.08. The van der Waals surface area contributed by atoms with Crippen molar-refractivity contribution in [1.82, 2.24) is 9.55 Å². The lowest BCUT2D eigenvalue weighted by Crippen LogP contribution is -2.41. The van der Waals surface area contributed by atoms with Gasteiger partial charge in [-0.25, -0.2) is 4.98 Å². The number of hydrogen-bond donors (Lipinski definition) is 0.